The molecule has 0 aromatic heterocycles. The molecule has 0 saturated heterocycles. The van der Waals surface area contributed by atoms with Crippen molar-refractivity contribution in [3.05, 3.63) is 117 Å². The maximum absolute atomic E-state index is 13.5. The number of aliphatic hydroxyl groups is 1. The van der Waals surface area contributed by atoms with Crippen LogP contribution in [0, 0.1) is 13.8 Å². The Bertz CT molecular complexity index is 1300. The molecule has 3 aromatic rings. The summed E-state index contributed by atoms with van der Waals surface area (Å²) in [6.45, 7) is 4.34. The molecule has 0 fully saturated rings. The monoisotopic (exact) mass is 515 g/mol. The third kappa shape index (κ3) is 4.96. The van der Waals surface area contributed by atoms with Crippen LogP contribution in [0.25, 0.3) is 6.08 Å². The standard InChI is InChI=1S/C29H26BrNO3/c1-20-12-13-21(2)23(16-20)19-31-27-15-14-24(30)17-26(27)29(34,28(31)33)18-25(32)11-7-6-10-22-8-4-3-5-9-22/h3-17,34H,18-19H2,1-2H3/b10-6+,11-7+. The lowest BCUT2D eigenvalue weighted by molar-refractivity contribution is -0.140. The van der Waals surface area contributed by atoms with E-state index in [9.17, 15) is 14.7 Å². The van der Waals surface area contributed by atoms with Crippen LogP contribution in [0.5, 0.6) is 0 Å². The van der Waals surface area contributed by atoms with Crippen molar-refractivity contribution < 1.29 is 14.7 Å². The molecule has 1 aliphatic rings. The van der Waals surface area contributed by atoms with Crippen LogP contribution < -0.4 is 4.90 Å². The third-order valence-corrected chi connectivity index (χ3v) is 6.53. The second-order valence-corrected chi connectivity index (χ2v) is 9.53. The van der Waals surface area contributed by atoms with Crippen molar-refractivity contribution in [2.45, 2.75) is 32.4 Å². The molecule has 1 unspecified atom stereocenters. The fraction of sp³-hybridized carbons (Fsp3) is 0.172. The summed E-state index contributed by atoms with van der Waals surface area (Å²) in [5.74, 6) is -0.809. The zero-order valence-corrected chi connectivity index (χ0v) is 20.7. The molecule has 34 heavy (non-hydrogen) atoms. The highest BCUT2D eigenvalue weighted by molar-refractivity contribution is 9.10. The van der Waals surface area contributed by atoms with Crippen LogP contribution in [0.1, 0.15) is 34.2 Å². The van der Waals surface area contributed by atoms with Gasteiger partial charge in [0.15, 0.2) is 11.4 Å². The van der Waals surface area contributed by atoms with Gasteiger partial charge in [0.05, 0.1) is 18.7 Å². The number of benzene rings is 3. The first kappa shape index (κ1) is 23.9. The summed E-state index contributed by atoms with van der Waals surface area (Å²) in [7, 11) is 0. The van der Waals surface area contributed by atoms with E-state index in [-0.39, 0.29) is 12.2 Å². The lowest BCUT2D eigenvalue weighted by Crippen LogP contribution is -2.41. The number of halogens is 1. The van der Waals surface area contributed by atoms with E-state index in [0.717, 1.165) is 26.7 Å². The number of fused-ring (bicyclic) bond motifs is 1. The topological polar surface area (TPSA) is 57.6 Å². The summed E-state index contributed by atoms with van der Waals surface area (Å²) in [5.41, 5.74) is 3.34. The summed E-state index contributed by atoms with van der Waals surface area (Å²) in [6.07, 6.45) is 6.36. The van der Waals surface area contributed by atoms with Crippen molar-refractivity contribution >= 4 is 39.4 Å². The molecule has 4 rings (SSSR count). The molecule has 5 heteroatoms. The third-order valence-electron chi connectivity index (χ3n) is 6.04. The van der Waals surface area contributed by atoms with Gasteiger partial charge in [-0.15, -0.1) is 0 Å². The Morgan fingerprint density at radius 3 is 2.56 bits per heavy atom. The SMILES string of the molecule is Cc1ccc(C)c(CN2C(=O)C(O)(CC(=O)/C=C/C=C/c3ccccc3)c3cc(Br)ccc32)c1. The minimum atomic E-state index is -1.92. The number of nitrogens with zero attached hydrogens (tertiary/aromatic N) is 1. The second-order valence-electron chi connectivity index (χ2n) is 8.61. The summed E-state index contributed by atoms with van der Waals surface area (Å²) >= 11 is 3.44. The van der Waals surface area contributed by atoms with Crippen LogP contribution in [0.15, 0.2) is 89.4 Å². The van der Waals surface area contributed by atoms with Gasteiger partial charge in [0, 0.05) is 10.0 Å². The molecule has 4 nitrogen and oxygen atoms in total. The van der Waals surface area contributed by atoms with Crippen molar-refractivity contribution in [1.82, 2.24) is 0 Å². The van der Waals surface area contributed by atoms with E-state index < -0.39 is 11.5 Å². The van der Waals surface area contributed by atoms with Gasteiger partial charge in [-0.1, -0.05) is 88.3 Å². The van der Waals surface area contributed by atoms with E-state index in [2.05, 4.69) is 15.9 Å². The van der Waals surface area contributed by atoms with Crippen LogP contribution in [-0.4, -0.2) is 16.8 Å². The molecule has 0 saturated carbocycles. The number of carbonyl (C=O) groups is 2. The van der Waals surface area contributed by atoms with Crippen molar-refractivity contribution in [1.29, 1.82) is 0 Å². The van der Waals surface area contributed by atoms with E-state index in [0.29, 0.717) is 17.8 Å². The van der Waals surface area contributed by atoms with E-state index in [4.69, 9.17) is 0 Å². The minimum absolute atomic E-state index is 0.325. The first-order valence-electron chi connectivity index (χ1n) is 11.1. The Morgan fingerprint density at radius 1 is 1.03 bits per heavy atom. The average molecular weight is 516 g/mol. The number of aryl methyl sites for hydroxylation is 2. The number of amides is 1. The van der Waals surface area contributed by atoms with Gasteiger partial charge >= 0.3 is 0 Å². The minimum Gasteiger partial charge on any atom is -0.375 e. The largest absolute Gasteiger partial charge is 0.375 e. The molecule has 0 aliphatic carbocycles. The van der Waals surface area contributed by atoms with Crippen molar-refractivity contribution in [3.63, 3.8) is 0 Å². The Balaban J connectivity index is 1.58. The first-order chi connectivity index (χ1) is 16.3. The fourth-order valence-corrected chi connectivity index (χ4v) is 4.56. The lowest BCUT2D eigenvalue weighted by atomic mass is 9.90. The van der Waals surface area contributed by atoms with Crippen molar-refractivity contribution in [2.75, 3.05) is 4.90 Å². The summed E-state index contributed by atoms with van der Waals surface area (Å²) in [6, 6.07) is 21.2. The lowest BCUT2D eigenvalue weighted by Gasteiger charge is -2.23. The molecule has 1 N–H and O–H groups in total. The number of anilines is 1. The normalized spacial score (nSPS) is 17.6. The fourth-order valence-electron chi connectivity index (χ4n) is 4.20. The molecule has 172 valence electrons. The van der Waals surface area contributed by atoms with Crippen LogP contribution in [-0.2, 0) is 21.7 Å². The van der Waals surface area contributed by atoms with Gasteiger partial charge in [0.2, 0.25) is 0 Å². The second kappa shape index (κ2) is 9.92. The quantitative estimate of drug-likeness (QED) is 0.308. The van der Waals surface area contributed by atoms with E-state index in [1.165, 1.54) is 6.08 Å². The first-order valence-corrected chi connectivity index (χ1v) is 11.9. The molecule has 1 amide bonds. The average Bonchev–Trinajstić information content (AvgIpc) is 3.01. The number of rotatable bonds is 7. The van der Waals surface area contributed by atoms with Gasteiger partial charge in [-0.3, -0.25) is 9.59 Å². The van der Waals surface area contributed by atoms with Gasteiger partial charge in [-0.05, 0) is 54.8 Å². The number of ketones is 1. The number of hydrogen-bond donors (Lipinski definition) is 1. The van der Waals surface area contributed by atoms with Crippen LogP contribution in [0.4, 0.5) is 5.69 Å². The Morgan fingerprint density at radius 2 is 1.79 bits per heavy atom. The smallest absolute Gasteiger partial charge is 0.264 e. The molecular weight excluding hydrogens is 490 g/mol. The van der Waals surface area contributed by atoms with E-state index >= 15 is 0 Å². The number of carbonyl (C=O) groups excluding carboxylic acids is 2. The molecule has 1 atom stereocenters. The van der Waals surface area contributed by atoms with E-state index in [1.54, 1.807) is 23.1 Å². The highest BCUT2D eigenvalue weighted by Crippen LogP contribution is 2.44. The maximum atomic E-state index is 13.5. The zero-order valence-electron chi connectivity index (χ0n) is 19.2. The molecule has 1 heterocycles. The Kier molecular flexibility index (Phi) is 6.96. The highest BCUT2D eigenvalue weighted by atomic mass is 79.9. The van der Waals surface area contributed by atoms with Gasteiger partial charge in [0.25, 0.3) is 5.91 Å². The zero-order chi connectivity index (χ0) is 24.3. The van der Waals surface area contributed by atoms with Crippen molar-refractivity contribution in [2.24, 2.45) is 0 Å². The van der Waals surface area contributed by atoms with Crippen molar-refractivity contribution in [3.8, 4) is 0 Å². The molecule has 0 spiro atoms. The molecule has 1 aliphatic heterocycles. The van der Waals surface area contributed by atoms with E-state index in [1.807, 2.05) is 80.6 Å². The molecule has 0 bridgehead atoms. The van der Waals surface area contributed by atoms with Gasteiger partial charge in [-0.2, -0.15) is 0 Å². The summed E-state index contributed by atoms with van der Waals surface area (Å²) < 4.78 is 0.736. The molecular formula is C29H26BrNO3. The van der Waals surface area contributed by atoms with Crippen LogP contribution >= 0.6 is 15.9 Å². The summed E-state index contributed by atoms with van der Waals surface area (Å²) in [4.78, 5) is 27.9. The Labute approximate surface area is 208 Å². The van der Waals surface area contributed by atoms with Gasteiger partial charge in [0.1, 0.15) is 0 Å². The van der Waals surface area contributed by atoms with Crippen LogP contribution in [0.2, 0.25) is 0 Å². The maximum Gasteiger partial charge on any atom is 0.264 e. The molecule has 3 aromatic carbocycles. The molecule has 0 radical (unpaired) electrons. The number of allylic oxidation sites excluding steroid dienone is 3. The van der Waals surface area contributed by atoms with Gasteiger partial charge < -0.3 is 10.0 Å². The predicted octanol–water partition coefficient (Wildman–Crippen LogP) is 6.03. The predicted molar refractivity (Wildman–Crippen MR) is 139 cm³/mol. The Hall–Kier alpha value is -3.28. The van der Waals surface area contributed by atoms with Crippen LogP contribution in [0.3, 0.4) is 0 Å². The highest BCUT2D eigenvalue weighted by Gasteiger charge is 2.50. The van der Waals surface area contributed by atoms with Gasteiger partial charge in [-0.25, -0.2) is 0 Å². The number of hydrogen-bond acceptors (Lipinski definition) is 3. The summed E-state index contributed by atoms with van der Waals surface area (Å²) in [5, 5.41) is 11.5.